The molecule has 0 saturated carbocycles. The molecule has 1 fully saturated rings. The van der Waals surface area contributed by atoms with Crippen LogP contribution in [0.25, 0.3) is 0 Å². The summed E-state index contributed by atoms with van der Waals surface area (Å²) < 4.78 is 51.8. The van der Waals surface area contributed by atoms with Gasteiger partial charge in [0.25, 0.3) is 0 Å². The van der Waals surface area contributed by atoms with E-state index in [2.05, 4.69) is 10.3 Å². The van der Waals surface area contributed by atoms with Crippen molar-refractivity contribution in [1.82, 2.24) is 9.88 Å². The Kier molecular flexibility index (Phi) is 5.88. The number of rotatable bonds is 4. The molecular formula is C20H23F2N3O3S. The third-order valence-electron chi connectivity index (χ3n) is 5.54. The molecule has 0 radical (unpaired) electrons. The van der Waals surface area contributed by atoms with Crippen molar-refractivity contribution in [3.05, 3.63) is 54.4 Å². The van der Waals surface area contributed by atoms with Gasteiger partial charge in [0.2, 0.25) is 5.95 Å². The smallest absolute Gasteiger partial charge is 0.321 e. The molecule has 156 valence electrons. The molecule has 0 aliphatic carbocycles. The molecule has 1 aliphatic heterocycles. The van der Waals surface area contributed by atoms with Crippen molar-refractivity contribution < 1.29 is 22.0 Å². The number of amides is 2. The van der Waals surface area contributed by atoms with Crippen molar-refractivity contribution in [2.24, 2.45) is 5.92 Å². The highest BCUT2D eigenvalue weighted by molar-refractivity contribution is 7.92. The van der Waals surface area contributed by atoms with Gasteiger partial charge in [0, 0.05) is 31.0 Å². The number of hydrogen-bond acceptors (Lipinski definition) is 4. The average Bonchev–Trinajstić information content (AvgIpc) is 2.68. The number of halogens is 2. The first kappa shape index (κ1) is 21.2. The van der Waals surface area contributed by atoms with Crippen molar-refractivity contribution in [3.8, 4) is 0 Å². The summed E-state index contributed by atoms with van der Waals surface area (Å²) in [6.45, 7) is 4.03. The van der Waals surface area contributed by atoms with Crippen molar-refractivity contribution in [3.63, 3.8) is 0 Å². The maximum Gasteiger partial charge on any atom is 0.321 e. The van der Waals surface area contributed by atoms with E-state index in [-0.39, 0.29) is 16.8 Å². The Hall–Kier alpha value is -2.55. The quantitative estimate of drug-likeness (QED) is 0.758. The van der Waals surface area contributed by atoms with Crippen LogP contribution in [0.2, 0.25) is 0 Å². The summed E-state index contributed by atoms with van der Waals surface area (Å²) in [7, 11) is -3.76. The normalized spacial score (nSPS) is 15.9. The molecule has 1 aliphatic rings. The molecule has 0 atom stereocenters. The monoisotopic (exact) mass is 423 g/mol. The van der Waals surface area contributed by atoms with E-state index in [4.69, 9.17) is 0 Å². The summed E-state index contributed by atoms with van der Waals surface area (Å²) >= 11 is 0. The molecular weight excluding hydrogens is 400 g/mol. The average molecular weight is 423 g/mol. The van der Waals surface area contributed by atoms with Gasteiger partial charge in [-0.15, -0.1) is 0 Å². The van der Waals surface area contributed by atoms with Gasteiger partial charge in [0.1, 0.15) is 5.82 Å². The van der Waals surface area contributed by atoms with Gasteiger partial charge >= 0.3 is 6.03 Å². The summed E-state index contributed by atoms with van der Waals surface area (Å²) in [6.07, 6.45) is 2.23. The second-order valence-corrected chi connectivity index (χ2v) is 10.2. The number of piperidine rings is 1. The van der Waals surface area contributed by atoms with Gasteiger partial charge in [0.15, 0.2) is 9.84 Å². The van der Waals surface area contributed by atoms with Crippen LogP contribution in [-0.4, -0.2) is 42.2 Å². The Morgan fingerprint density at radius 2 is 1.86 bits per heavy atom. The second kappa shape index (κ2) is 8.06. The van der Waals surface area contributed by atoms with Crippen LogP contribution >= 0.6 is 0 Å². The van der Waals surface area contributed by atoms with Crippen LogP contribution in [0, 0.1) is 17.7 Å². The summed E-state index contributed by atoms with van der Waals surface area (Å²) in [5, 5.41) is 2.62. The molecule has 9 heteroatoms. The fourth-order valence-corrected chi connectivity index (χ4v) is 5.43. The molecule has 1 saturated heterocycles. The second-order valence-electron chi connectivity index (χ2n) is 7.62. The molecule has 0 spiro atoms. The predicted octanol–water partition coefficient (Wildman–Crippen LogP) is 3.86. The third kappa shape index (κ3) is 4.39. The van der Waals surface area contributed by atoms with Crippen molar-refractivity contribution >= 4 is 21.6 Å². The van der Waals surface area contributed by atoms with Crippen LogP contribution in [0.3, 0.4) is 0 Å². The lowest BCUT2D eigenvalue weighted by molar-refractivity contribution is 0.171. The Labute approximate surface area is 168 Å². The van der Waals surface area contributed by atoms with E-state index in [9.17, 15) is 22.0 Å². The first-order valence-corrected chi connectivity index (χ1v) is 10.8. The molecule has 2 heterocycles. The number of likely N-dealkylation sites (tertiary alicyclic amines) is 1. The number of pyridine rings is 1. The largest absolute Gasteiger partial charge is 0.325 e. The minimum atomic E-state index is -3.76. The maximum absolute atomic E-state index is 13.5. The Bertz CT molecular complexity index is 1000. The van der Waals surface area contributed by atoms with E-state index in [1.54, 1.807) is 18.7 Å². The van der Waals surface area contributed by atoms with E-state index in [0.29, 0.717) is 31.6 Å². The lowest BCUT2D eigenvalue weighted by Gasteiger charge is -2.40. The highest BCUT2D eigenvalue weighted by Crippen LogP contribution is 2.38. The number of carbonyl (C=O) groups excluding carboxylic acids is 1. The number of carbonyl (C=O) groups is 1. The Morgan fingerprint density at radius 3 is 2.48 bits per heavy atom. The van der Waals surface area contributed by atoms with E-state index in [1.807, 2.05) is 0 Å². The zero-order valence-electron chi connectivity index (χ0n) is 16.2. The molecule has 0 unspecified atom stereocenters. The predicted molar refractivity (Wildman–Crippen MR) is 105 cm³/mol. The summed E-state index contributed by atoms with van der Waals surface area (Å²) in [6, 6.07) is 7.26. The first-order valence-electron chi connectivity index (χ1n) is 9.29. The van der Waals surface area contributed by atoms with Gasteiger partial charge in [-0.3, -0.25) is 0 Å². The zero-order valence-corrected chi connectivity index (χ0v) is 17.0. The molecule has 1 aromatic carbocycles. The lowest BCUT2D eigenvalue weighted by atomic mass is 9.86. The van der Waals surface area contributed by atoms with Crippen molar-refractivity contribution in [2.75, 3.05) is 18.4 Å². The van der Waals surface area contributed by atoms with E-state index < -0.39 is 26.3 Å². The van der Waals surface area contributed by atoms with Crippen LogP contribution in [0.15, 0.2) is 47.5 Å². The van der Waals surface area contributed by atoms with Gasteiger partial charge in [-0.2, -0.15) is 4.39 Å². The molecule has 1 N–H and O–H groups in total. The molecule has 0 bridgehead atoms. The number of hydrogen-bond donors (Lipinski definition) is 1. The van der Waals surface area contributed by atoms with Gasteiger partial charge < -0.3 is 10.2 Å². The standard InChI is InChI=1S/C20H23F2N3O3S/c1-20(2,29(27,28)17-5-3-4-15(21)12-17)14-7-10-25(11-8-14)19(26)24-16-6-9-23-18(22)13-16/h3-6,9,12-14H,7-8,10-11H2,1-2H3,(H,23,24,26). The molecule has 29 heavy (non-hydrogen) atoms. The minimum Gasteiger partial charge on any atom is -0.325 e. The maximum atomic E-state index is 13.5. The number of nitrogens with zero attached hydrogens (tertiary/aromatic N) is 2. The van der Waals surface area contributed by atoms with Crippen LogP contribution < -0.4 is 5.32 Å². The zero-order chi connectivity index (χ0) is 21.2. The van der Waals surface area contributed by atoms with Gasteiger partial charge in [-0.1, -0.05) is 6.07 Å². The van der Waals surface area contributed by atoms with Crippen molar-refractivity contribution in [2.45, 2.75) is 36.3 Å². The van der Waals surface area contributed by atoms with Crippen LogP contribution in [0.5, 0.6) is 0 Å². The fraction of sp³-hybridized carbons (Fsp3) is 0.400. The van der Waals surface area contributed by atoms with Crippen LogP contribution in [0.4, 0.5) is 19.3 Å². The molecule has 6 nitrogen and oxygen atoms in total. The summed E-state index contributed by atoms with van der Waals surface area (Å²) in [5.41, 5.74) is 0.304. The number of benzene rings is 1. The van der Waals surface area contributed by atoms with E-state index >= 15 is 0 Å². The minimum absolute atomic E-state index is 0.0395. The van der Waals surface area contributed by atoms with Crippen LogP contribution in [0.1, 0.15) is 26.7 Å². The molecule has 2 aromatic rings. The highest BCUT2D eigenvalue weighted by atomic mass is 32.2. The number of nitrogens with one attached hydrogen (secondary N) is 1. The van der Waals surface area contributed by atoms with Gasteiger partial charge in [-0.25, -0.2) is 22.6 Å². The number of aromatic nitrogens is 1. The summed E-state index contributed by atoms with van der Waals surface area (Å²) in [4.78, 5) is 17.4. The number of sulfone groups is 1. The third-order valence-corrected chi connectivity index (χ3v) is 8.14. The first-order chi connectivity index (χ1) is 13.6. The van der Waals surface area contributed by atoms with Gasteiger partial charge in [-0.05, 0) is 56.9 Å². The molecule has 2 amide bonds. The van der Waals surface area contributed by atoms with Crippen molar-refractivity contribution in [1.29, 1.82) is 0 Å². The van der Waals surface area contributed by atoms with Gasteiger partial charge in [0.05, 0.1) is 9.64 Å². The topological polar surface area (TPSA) is 79.4 Å². The van der Waals surface area contributed by atoms with E-state index in [0.717, 1.165) is 12.1 Å². The fourth-order valence-electron chi connectivity index (χ4n) is 3.62. The molecule has 3 rings (SSSR count). The molecule has 1 aromatic heterocycles. The highest BCUT2D eigenvalue weighted by Gasteiger charge is 2.44. The Balaban J connectivity index is 1.67. The number of anilines is 1. The summed E-state index contributed by atoms with van der Waals surface area (Å²) in [5.74, 6) is -1.48. The SMILES string of the molecule is CC(C)(C1CCN(C(=O)Nc2ccnc(F)c2)CC1)S(=O)(=O)c1cccc(F)c1. The van der Waals surface area contributed by atoms with Crippen LogP contribution in [-0.2, 0) is 9.84 Å². The number of urea groups is 1. The van der Waals surface area contributed by atoms with E-state index in [1.165, 1.54) is 30.5 Å². The lowest BCUT2D eigenvalue weighted by Crippen LogP contribution is -2.48. The Morgan fingerprint density at radius 1 is 1.17 bits per heavy atom.